The van der Waals surface area contributed by atoms with Gasteiger partial charge in [-0.05, 0) is 26.2 Å². The Morgan fingerprint density at radius 2 is 2.17 bits per heavy atom. The molecule has 0 bridgehead atoms. The van der Waals surface area contributed by atoms with Crippen LogP contribution in [0.1, 0.15) is 43.1 Å². The molecule has 126 valence electrons. The maximum atomic E-state index is 12.6. The summed E-state index contributed by atoms with van der Waals surface area (Å²) < 4.78 is 5.85. The molecule has 0 saturated heterocycles. The summed E-state index contributed by atoms with van der Waals surface area (Å²) in [6.45, 7) is 2.79. The summed E-state index contributed by atoms with van der Waals surface area (Å²) in [6, 6.07) is 10.2. The molecule has 1 spiro atoms. The van der Waals surface area contributed by atoms with Gasteiger partial charge >= 0.3 is 0 Å². The molecular weight excluding hydrogens is 320 g/mol. The molecular formula is C19H22N2O2S. The van der Waals surface area contributed by atoms with Crippen molar-refractivity contribution in [3.8, 4) is 10.6 Å². The summed E-state index contributed by atoms with van der Waals surface area (Å²) in [5, 5.41) is 5.94. The van der Waals surface area contributed by atoms with Crippen LogP contribution in [0.5, 0.6) is 0 Å². The maximum Gasteiger partial charge on any atom is 0.271 e. The van der Waals surface area contributed by atoms with E-state index in [4.69, 9.17) is 4.74 Å². The maximum absolute atomic E-state index is 12.6. The number of hydrogen-bond donors (Lipinski definition) is 1. The third-order valence-corrected chi connectivity index (χ3v) is 6.39. The normalized spacial score (nSPS) is 24.2. The van der Waals surface area contributed by atoms with Crippen LogP contribution in [0.25, 0.3) is 10.6 Å². The lowest BCUT2D eigenvalue weighted by Gasteiger charge is -2.60. The first-order valence-electron chi connectivity index (χ1n) is 8.66. The van der Waals surface area contributed by atoms with E-state index >= 15 is 0 Å². The summed E-state index contributed by atoms with van der Waals surface area (Å²) >= 11 is 1.52. The molecule has 24 heavy (non-hydrogen) atoms. The molecule has 4 rings (SSSR count). The van der Waals surface area contributed by atoms with Gasteiger partial charge in [-0.2, -0.15) is 0 Å². The van der Waals surface area contributed by atoms with E-state index in [-0.39, 0.29) is 17.4 Å². The van der Waals surface area contributed by atoms with Gasteiger partial charge < -0.3 is 10.1 Å². The van der Waals surface area contributed by atoms with Crippen molar-refractivity contribution >= 4 is 17.2 Å². The molecule has 1 amide bonds. The van der Waals surface area contributed by atoms with Gasteiger partial charge in [0, 0.05) is 29.0 Å². The molecule has 1 N–H and O–H groups in total. The smallest absolute Gasteiger partial charge is 0.271 e. The average Bonchev–Trinajstić information content (AvgIpc) is 3.03. The molecule has 2 saturated carbocycles. The second kappa shape index (κ2) is 6.30. The number of rotatable bonds is 5. The highest BCUT2D eigenvalue weighted by Crippen LogP contribution is 2.57. The van der Waals surface area contributed by atoms with E-state index in [1.165, 1.54) is 17.8 Å². The van der Waals surface area contributed by atoms with Crippen LogP contribution < -0.4 is 5.32 Å². The zero-order valence-corrected chi connectivity index (χ0v) is 14.6. The van der Waals surface area contributed by atoms with Gasteiger partial charge in [0.1, 0.15) is 10.7 Å². The Kier molecular flexibility index (Phi) is 4.14. The molecule has 1 aromatic heterocycles. The van der Waals surface area contributed by atoms with E-state index in [2.05, 4.69) is 10.3 Å². The number of amides is 1. The number of nitrogens with one attached hydrogen (secondary N) is 1. The fraction of sp³-hybridized carbons (Fsp3) is 0.474. The lowest BCUT2D eigenvalue weighted by Crippen LogP contribution is -2.67. The molecule has 2 aliphatic rings. The molecule has 2 aromatic rings. The van der Waals surface area contributed by atoms with Crippen molar-refractivity contribution in [3.05, 3.63) is 41.4 Å². The average molecular weight is 342 g/mol. The highest BCUT2D eigenvalue weighted by molar-refractivity contribution is 7.13. The lowest BCUT2D eigenvalue weighted by atomic mass is 9.51. The third kappa shape index (κ3) is 2.56. The molecule has 0 unspecified atom stereocenters. The standard InChI is InChI=1S/C19H22N2O2S/c1-2-23-16-11-15(19(16)9-6-10-19)21-17(22)14-12-24-18(20-14)13-7-4-3-5-8-13/h3-5,7-8,12,15-16H,2,6,9-11H2,1H3,(H,21,22)/t15-,16+/m0/s1. The van der Waals surface area contributed by atoms with Crippen molar-refractivity contribution in [3.63, 3.8) is 0 Å². The van der Waals surface area contributed by atoms with Crippen molar-refractivity contribution in [2.24, 2.45) is 5.41 Å². The number of hydrogen-bond acceptors (Lipinski definition) is 4. The predicted molar refractivity (Wildman–Crippen MR) is 95.1 cm³/mol. The highest BCUT2D eigenvalue weighted by atomic mass is 32.1. The number of aromatic nitrogens is 1. The number of benzene rings is 1. The van der Waals surface area contributed by atoms with E-state index in [0.717, 1.165) is 36.4 Å². The Balaban J connectivity index is 1.43. The third-order valence-electron chi connectivity index (χ3n) is 5.50. The summed E-state index contributed by atoms with van der Waals surface area (Å²) in [4.78, 5) is 17.1. The zero-order chi connectivity index (χ0) is 16.6. The Labute approximate surface area is 146 Å². The number of carbonyl (C=O) groups is 1. The van der Waals surface area contributed by atoms with Gasteiger partial charge in [-0.15, -0.1) is 11.3 Å². The molecule has 5 heteroatoms. The van der Waals surface area contributed by atoms with E-state index < -0.39 is 0 Å². The van der Waals surface area contributed by atoms with Crippen LogP contribution in [-0.4, -0.2) is 29.6 Å². The Hall–Kier alpha value is -1.72. The molecule has 4 nitrogen and oxygen atoms in total. The molecule has 1 heterocycles. The Morgan fingerprint density at radius 3 is 2.83 bits per heavy atom. The predicted octanol–water partition coefficient (Wildman–Crippen LogP) is 3.89. The molecule has 2 fully saturated rings. The monoisotopic (exact) mass is 342 g/mol. The fourth-order valence-electron chi connectivity index (χ4n) is 3.96. The number of carbonyl (C=O) groups excluding carboxylic acids is 1. The van der Waals surface area contributed by atoms with Crippen LogP contribution >= 0.6 is 11.3 Å². The molecule has 2 aliphatic carbocycles. The van der Waals surface area contributed by atoms with E-state index in [0.29, 0.717) is 11.8 Å². The van der Waals surface area contributed by atoms with Crippen molar-refractivity contribution in [2.75, 3.05) is 6.61 Å². The van der Waals surface area contributed by atoms with Crippen molar-refractivity contribution < 1.29 is 9.53 Å². The topological polar surface area (TPSA) is 51.2 Å². The first kappa shape index (κ1) is 15.8. The van der Waals surface area contributed by atoms with Crippen LogP contribution in [0.15, 0.2) is 35.7 Å². The van der Waals surface area contributed by atoms with Crippen molar-refractivity contribution in [1.29, 1.82) is 0 Å². The van der Waals surface area contributed by atoms with Gasteiger partial charge in [0.05, 0.1) is 6.10 Å². The van der Waals surface area contributed by atoms with E-state index in [1.807, 2.05) is 42.6 Å². The SMILES string of the molecule is CCO[C@@H]1C[C@H](NC(=O)c2csc(-c3ccccc3)n2)C12CCC2. The van der Waals surface area contributed by atoms with Crippen LogP contribution in [-0.2, 0) is 4.74 Å². The Morgan fingerprint density at radius 1 is 1.38 bits per heavy atom. The van der Waals surface area contributed by atoms with Crippen LogP contribution in [0.2, 0.25) is 0 Å². The van der Waals surface area contributed by atoms with E-state index in [9.17, 15) is 4.79 Å². The van der Waals surface area contributed by atoms with Gasteiger partial charge in [-0.1, -0.05) is 36.8 Å². The minimum atomic E-state index is -0.0559. The lowest BCUT2D eigenvalue weighted by molar-refractivity contribution is -0.169. The first-order chi connectivity index (χ1) is 11.7. The van der Waals surface area contributed by atoms with Gasteiger partial charge in [0.25, 0.3) is 5.91 Å². The number of thiazole rings is 1. The van der Waals surface area contributed by atoms with Crippen LogP contribution in [0.4, 0.5) is 0 Å². The van der Waals surface area contributed by atoms with Gasteiger partial charge in [-0.3, -0.25) is 4.79 Å². The van der Waals surface area contributed by atoms with Gasteiger partial charge in [0.15, 0.2) is 0 Å². The number of ether oxygens (including phenoxy) is 1. The summed E-state index contributed by atoms with van der Waals surface area (Å²) in [5.74, 6) is -0.0559. The molecule has 0 radical (unpaired) electrons. The minimum Gasteiger partial charge on any atom is -0.378 e. The zero-order valence-electron chi connectivity index (χ0n) is 13.8. The summed E-state index contributed by atoms with van der Waals surface area (Å²) in [6.07, 6.45) is 4.81. The molecule has 1 aromatic carbocycles. The quantitative estimate of drug-likeness (QED) is 0.897. The van der Waals surface area contributed by atoms with E-state index in [1.54, 1.807) is 0 Å². The van der Waals surface area contributed by atoms with Crippen LogP contribution in [0.3, 0.4) is 0 Å². The molecule has 2 atom stereocenters. The Bertz CT molecular complexity index is 724. The van der Waals surface area contributed by atoms with Crippen molar-refractivity contribution in [1.82, 2.24) is 10.3 Å². The fourth-order valence-corrected chi connectivity index (χ4v) is 4.77. The highest BCUT2D eigenvalue weighted by Gasteiger charge is 2.59. The molecule has 0 aliphatic heterocycles. The minimum absolute atomic E-state index is 0.0559. The summed E-state index contributed by atoms with van der Waals surface area (Å²) in [7, 11) is 0. The van der Waals surface area contributed by atoms with Crippen LogP contribution in [0, 0.1) is 5.41 Å². The van der Waals surface area contributed by atoms with Gasteiger partial charge in [0.2, 0.25) is 0 Å². The largest absolute Gasteiger partial charge is 0.378 e. The second-order valence-electron chi connectivity index (χ2n) is 6.70. The first-order valence-corrected chi connectivity index (χ1v) is 9.54. The second-order valence-corrected chi connectivity index (χ2v) is 7.55. The summed E-state index contributed by atoms with van der Waals surface area (Å²) in [5.41, 5.74) is 1.76. The van der Waals surface area contributed by atoms with Crippen molar-refractivity contribution in [2.45, 2.75) is 44.8 Å². The van der Waals surface area contributed by atoms with Gasteiger partial charge in [-0.25, -0.2) is 4.98 Å². The number of nitrogens with zero attached hydrogens (tertiary/aromatic N) is 1.